The van der Waals surface area contributed by atoms with Crippen LogP contribution in [0.25, 0.3) is 0 Å². The van der Waals surface area contributed by atoms with E-state index in [1.54, 1.807) is 0 Å². The summed E-state index contributed by atoms with van der Waals surface area (Å²) >= 11 is 0. The van der Waals surface area contributed by atoms with Crippen molar-refractivity contribution < 1.29 is 4.52 Å². The lowest BCUT2D eigenvalue weighted by molar-refractivity contribution is 0.280. The maximum Gasteiger partial charge on any atom is 0.170 e. The molecule has 84 valence electrons. The topological polar surface area (TPSA) is 52.0 Å². The average molecular weight is 208 g/mol. The highest BCUT2D eigenvalue weighted by Gasteiger charge is 2.39. The Hall–Kier alpha value is -0.990. The molecule has 2 N–H and O–H groups in total. The van der Waals surface area contributed by atoms with E-state index >= 15 is 0 Å². The molecule has 0 saturated heterocycles. The molecule has 0 bridgehead atoms. The fraction of sp³-hybridized carbons (Fsp3) is 0.750. The zero-order chi connectivity index (χ0) is 10.9. The molecule has 0 aliphatic heterocycles. The summed E-state index contributed by atoms with van der Waals surface area (Å²) in [5.74, 6) is 1.66. The van der Waals surface area contributed by atoms with Crippen molar-refractivity contribution in [3.63, 3.8) is 0 Å². The maximum absolute atomic E-state index is 5.83. The minimum absolute atomic E-state index is 0.232. The van der Waals surface area contributed by atoms with E-state index in [0.29, 0.717) is 5.82 Å². The van der Waals surface area contributed by atoms with E-state index in [9.17, 15) is 0 Å². The normalized spacial score (nSPS) is 19.6. The van der Waals surface area contributed by atoms with Gasteiger partial charge in [0.25, 0.3) is 0 Å². The molecule has 1 heterocycles. The van der Waals surface area contributed by atoms with Crippen molar-refractivity contribution in [1.29, 1.82) is 0 Å². The number of nitrogens with zero attached hydrogens (tertiary/aromatic N) is 1. The van der Waals surface area contributed by atoms with Gasteiger partial charge >= 0.3 is 0 Å². The van der Waals surface area contributed by atoms with Gasteiger partial charge in [-0.05, 0) is 25.7 Å². The molecule has 0 unspecified atom stereocenters. The summed E-state index contributed by atoms with van der Waals surface area (Å²) in [7, 11) is 0. The molecule has 3 heteroatoms. The minimum atomic E-state index is 0.232. The van der Waals surface area contributed by atoms with Gasteiger partial charge in [-0.2, -0.15) is 0 Å². The van der Waals surface area contributed by atoms with Crippen LogP contribution in [-0.4, -0.2) is 5.16 Å². The number of hydrogen-bond acceptors (Lipinski definition) is 3. The molecule has 1 aromatic rings. The number of aromatic nitrogens is 1. The van der Waals surface area contributed by atoms with Crippen LogP contribution in [0.1, 0.15) is 57.3 Å². The van der Waals surface area contributed by atoms with E-state index in [0.717, 1.165) is 24.2 Å². The molecule has 0 aromatic carbocycles. The highest BCUT2D eigenvalue weighted by molar-refractivity contribution is 5.43. The van der Waals surface area contributed by atoms with Crippen LogP contribution in [0, 0.1) is 0 Å². The number of rotatable bonds is 3. The van der Waals surface area contributed by atoms with Crippen molar-refractivity contribution in [2.75, 3.05) is 5.73 Å². The second-order valence-corrected chi connectivity index (χ2v) is 4.57. The van der Waals surface area contributed by atoms with Crippen LogP contribution in [0.5, 0.6) is 0 Å². The molecular weight excluding hydrogens is 188 g/mol. The van der Waals surface area contributed by atoms with Gasteiger partial charge in [-0.1, -0.05) is 31.8 Å². The predicted molar refractivity (Wildman–Crippen MR) is 60.7 cm³/mol. The molecule has 15 heavy (non-hydrogen) atoms. The van der Waals surface area contributed by atoms with E-state index in [1.165, 1.54) is 25.7 Å². The van der Waals surface area contributed by atoms with Crippen LogP contribution < -0.4 is 5.73 Å². The van der Waals surface area contributed by atoms with E-state index in [4.69, 9.17) is 10.3 Å². The van der Waals surface area contributed by atoms with E-state index in [2.05, 4.69) is 19.0 Å². The second-order valence-electron chi connectivity index (χ2n) is 4.57. The van der Waals surface area contributed by atoms with Gasteiger partial charge in [-0.25, -0.2) is 0 Å². The molecule has 0 spiro atoms. The molecule has 3 nitrogen and oxygen atoms in total. The fourth-order valence-electron chi connectivity index (χ4n) is 2.87. The molecule has 1 aliphatic rings. The Labute approximate surface area is 91.0 Å². The molecule has 0 radical (unpaired) electrons. The lowest BCUT2D eigenvalue weighted by atomic mass is 9.79. The Balaban J connectivity index is 2.42. The SMILES string of the molecule is CCc1c(N)noc1C1(CC)CCCC1. The zero-order valence-corrected chi connectivity index (χ0v) is 9.68. The smallest absolute Gasteiger partial charge is 0.170 e. The molecule has 0 atom stereocenters. The molecule has 1 aromatic heterocycles. The summed E-state index contributed by atoms with van der Waals surface area (Å²) in [5, 5.41) is 3.93. The first-order valence-corrected chi connectivity index (χ1v) is 5.98. The predicted octanol–water partition coefficient (Wildman–Crippen LogP) is 3.04. The van der Waals surface area contributed by atoms with Gasteiger partial charge in [0.05, 0.1) is 0 Å². The van der Waals surface area contributed by atoms with Crippen LogP contribution in [-0.2, 0) is 11.8 Å². The number of hydrogen-bond donors (Lipinski definition) is 1. The van der Waals surface area contributed by atoms with E-state index < -0.39 is 0 Å². The molecule has 2 rings (SSSR count). The van der Waals surface area contributed by atoms with Gasteiger partial charge in [-0.3, -0.25) is 0 Å². The third-order valence-corrected chi connectivity index (χ3v) is 3.89. The molecule has 1 fully saturated rings. The summed E-state index contributed by atoms with van der Waals surface area (Å²) in [6, 6.07) is 0. The number of nitrogens with two attached hydrogens (primary N) is 1. The molecule has 0 amide bonds. The summed E-state index contributed by atoms with van der Waals surface area (Å²) in [5.41, 5.74) is 7.20. The van der Waals surface area contributed by atoms with Crippen LogP contribution in [0.15, 0.2) is 4.52 Å². The summed E-state index contributed by atoms with van der Waals surface area (Å²) < 4.78 is 5.49. The van der Waals surface area contributed by atoms with E-state index in [-0.39, 0.29) is 5.41 Å². The standard InChI is InChI=1S/C12H20N2O/c1-3-9-10(15-14-11(9)13)12(4-2)7-5-6-8-12/h3-8H2,1-2H3,(H2,13,14). The Morgan fingerprint density at radius 1 is 1.33 bits per heavy atom. The van der Waals surface area contributed by atoms with Gasteiger partial charge in [0.1, 0.15) is 5.76 Å². The van der Waals surface area contributed by atoms with Crippen LogP contribution in [0.4, 0.5) is 5.82 Å². The quantitative estimate of drug-likeness (QED) is 0.830. The summed E-state index contributed by atoms with van der Waals surface area (Å²) in [4.78, 5) is 0. The van der Waals surface area contributed by atoms with Gasteiger partial charge in [0.2, 0.25) is 0 Å². The highest BCUT2D eigenvalue weighted by Crippen LogP contribution is 2.45. The Kier molecular flexibility index (Phi) is 2.72. The first-order valence-electron chi connectivity index (χ1n) is 5.98. The molecule has 1 saturated carbocycles. The van der Waals surface area contributed by atoms with Crippen LogP contribution in [0.3, 0.4) is 0 Å². The largest absolute Gasteiger partial charge is 0.381 e. The maximum atomic E-state index is 5.83. The monoisotopic (exact) mass is 208 g/mol. The summed E-state index contributed by atoms with van der Waals surface area (Å²) in [6.07, 6.45) is 7.12. The Morgan fingerprint density at radius 3 is 2.53 bits per heavy atom. The average Bonchev–Trinajstić information content (AvgIpc) is 2.84. The van der Waals surface area contributed by atoms with Crippen molar-refractivity contribution in [3.05, 3.63) is 11.3 Å². The molecular formula is C12H20N2O. The first-order chi connectivity index (χ1) is 7.23. The highest BCUT2D eigenvalue weighted by atomic mass is 16.5. The number of anilines is 1. The van der Waals surface area contributed by atoms with Crippen molar-refractivity contribution in [2.24, 2.45) is 0 Å². The van der Waals surface area contributed by atoms with Crippen molar-refractivity contribution >= 4 is 5.82 Å². The van der Waals surface area contributed by atoms with Crippen molar-refractivity contribution in [3.8, 4) is 0 Å². The Bertz CT molecular complexity index is 337. The lowest BCUT2D eigenvalue weighted by Crippen LogP contribution is -2.21. The third-order valence-electron chi connectivity index (χ3n) is 3.89. The first kappa shape index (κ1) is 10.5. The van der Waals surface area contributed by atoms with Crippen LogP contribution >= 0.6 is 0 Å². The van der Waals surface area contributed by atoms with Crippen molar-refractivity contribution in [2.45, 2.75) is 57.8 Å². The third kappa shape index (κ3) is 1.54. The van der Waals surface area contributed by atoms with Gasteiger partial charge in [0, 0.05) is 11.0 Å². The van der Waals surface area contributed by atoms with Gasteiger partial charge in [-0.15, -0.1) is 0 Å². The zero-order valence-electron chi connectivity index (χ0n) is 9.68. The van der Waals surface area contributed by atoms with E-state index in [1.807, 2.05) is 0 Å². The van der Waals surface area contributed by atoms with Crippen LogP contribution in [0.2, 0.25) is 0 Å². The molecule has 1 aliphatic carbocycles. The summed E-state index contributed by atoms with van der Waals surface area (Å²) in [6.45, 7) is 4.36. The van der Waals surface area contributed by atoms with Gasteiger partial charge < -0.3 is 10.3 Å². The Morgan fingerprint density at radius 2 is 2.00 bits per heavy atom. The van der Waals surface area contributed by atoms with Crippen molar-refractivity contribution in [1.82, 2.24) is 5.16 Å². The minimum Gasteiger partial charge on any atom is -0.381 e. The fourth-order valence-corrected chi connectivity index (χ4v) is 2.87. The number of nitrogen functional groups attached to an aromatic ring is 1. The second kappa shape index (κ2) is 3.87. The van der Waals surface area contributed by atoms with Gasteiger partial charge in [0.15, 0.2) is 5.82 Å². The lowest BCUT2D eigenvalue weighted by Gasteiger charge is -2.25.